The van der Waals surface area contributed by atoms with E-state index in [9.17, 15) is 14.4 Å². The number of nitrogens with one attached hydrogen (secondary N) is 1. The molecule has 7 nitrogen and oxygen atoms in total. The van der Waals surface area contributed by atoms with Gasteiger partial charge in [-0.3, -0.25) is 14.4 Å². The van der Waals surface area contributed by atoms with Crippen LogP contribution in [0.15, 0.2) is 60.3 Å². The second-order valence-electron chi connectivity index (χ2n) is 7.68. The van der Waals surface area contributed by atoms with E-state index in [2.05, 4.69) is 17.1 Å². The molecule has 2 aliphatic rings. The molecule has 160 valence electrons. The first-order valence-electron chi connectivity index (χ1n) is 10.5. The lowest BCUT2D eigenvalue weighted by Gasteiger charge is -2.36. The molecule has 2 aromatic carbocycles. The number of amides is 3. The van der Waals surface area contributed by atoms with Gasteiger partial charge >= 0.3 is 0 Å². The van der Waals surface area contributed by atoms with Gasteiger partial charge in [0.05, 0.1) is 11.3 Å². The first-order valence-corrected chi connectivity index (χ1v) is 10.5. The Bertz CT molecular complexity index is 1020. The fourth-order valence-corrected chi connectivity index (χ4v) is 4.10. The van der Waals surface area contributed by atoms with Crippen LogP contribution >= 0.6 is 0 Å². The highest BCUT2D eigenvalue weighted by Gasteiger charge is 2.42. The van der Waals surface area contributed by atoms with Crippen LogP contribution in [0.1, 0.15) is 19.4 Å². The average molecular weight is 418 g/mol. The summed E-state index contributed by atoms with van der Waals surface area (Å²) in [7, 11) is 0. The number of benzene rings is 2. The van der Waals surface area contributed by atoms with E-state index in [1.807, 2.05) is 35.2 Å². The summed E-state index contributed by atoms with van der Waals surface area (Å²) in [6.07, 6.45) is 0. The number of piperazine rings is 1. The summed E-state index contributed by atoms with van der Waals surface area (Å²) in [5, 5.41) is 2.70. The Kier molecular flexibility index (Phi) is 5.86. The van der Waals surface area contributed by atoms with E-state index < -0.39 is 0 Å². The molecule has 3 amide bonds. The van der Waals surface area contributed by atoms with Crippen LogP contribution in [0.2, 0.25) is 0 Å². The van der Waals surface area contributed by atoms with Crippen molar-refractivity contribution < 1.29 is 14.4 Å². The number of hydrogen-bond acceptors (Lipinski definition) is 5. The minimum atomic E-state index is -0.323. The molecule has 0 atom stereocenters. The summed E-state index contributed by atoms with van der Waals surface area (Å²) in [6, 6.07) is 16.1. The van der Waals surface area contributed by atoms with Crippen molar-refractivity contribution in [3.63, 3.8) is 0 Å². The molecule has 2 heterocycles. The molecule has 0 spiro atoms. The fourth-order valence-electron chi connectivity index (χ4n) is 4.10. The van der Waals surface area contributed by atoms with E-state index in [0.717, 1.165) is 25.2 Å². The molecule has 0 saturated carbocycles. The van der Waals surface area contributed by atoms with E-state index in [1.165, 1.54) is 11.8 Å². The molecule has 0 aliphatic carbocycles. The van der Waals surface area contributed by atoms with Gasteiger partial charge in [-0.05, 0) is 36.4 Å². The molecule has 1 fully saturated rings. The third kappa shape index (κ3) is 4.09. The van der Waals surface area contributed by atoms with Gasteiger partial charge in [-0.15, -0.1) is 0 Å². The number of imide groups is 1. The van der Waals surface area contributed by atoms with Gasteiger partial charge in [-0.2, -0.15) is 0 Å². The maximum atomic E-state index is 13.5. The summed E-state index contributed by atoms with van der Waals surface area (Å²) < 4.78 is 0. The summed E-state index contributed by atoms with van der Waals surface area (Å²) in [5.41, 5.74) is 2.76. The van der Waals surface area contributed by atoms with Gasteiger partial charge in [0, 0.05) is 38.8 Å². The largest absolute Gasteiger partial charge is 0.364 e. The number of hydrogen-bond donors (Lipinski definition) is 1. The molecule has 7 heteroatoms. The Morgan fingerprint density at radius 2 is 1.55 bits per heavy atom. The zero-order chi connectivity index (χ0) is 22.0. The minimum absolute atomic E-state index is 0.178. The second kappa shape index (κ2) is 8.73. The molecule has 1 N–H and O–H groups in total. The van der Waals surface area contributed by atoms with E-state index in [1.54, 1.807) is 24.3 Å². The van der Waals surface area contributed by atoms with Crippen molar-refractivity contribution in [3.05, 3.63) is 65.9 Å². The van der Waals surface area contributed by atoms with Gasteiger partial charge in [-0.1, -0.05) is 37.3 Å². The van der Waals surface area contributed by atoms with E-state index >= 15 is 0 Å². The zero-order valence-corrected chi connectivity index (χ0v) is 17.8. The Labute approximate surface area is 181 Å². The van der Waals surface area contributed by atoms with Gasteiger partial charge in [0.2, 0.25) is 5.91 Å². The lowest BCUT2D eigenvalue weighted by molar-refractivity contribution is -0.121. The molecule has 0 unspecified atom stereocenters. The monoisotopic (exact) mass is 418 g/mol. The maximum Gasteiger partial charge on any atom is 0.282 e. The van der Waals surface area contributed by atoms with Gasteiger partial charge in [0.15, 0.2) is 0 Å². The summed E-state index contributed by atoms with van der Waals surface area (Å²) in [6.45, 7) is 7.65. The van der Waals surface area contributed by atoms with Crippen LogP contribution in [0.3, 0.4) is 0 Å². The summed E-state index contributed by atoms with van der Waals surface area (Å²) in [5.74, 6) is -0.805. The van der Waals surface area contributed by atoms with Gasteiger partial charge in [0.25, 0.3) is 11.8 Å². The molecule has 1 saturated heterocycles. The van der Waals surface area contributed by atoms with Crippen molar-refractivity contribution in [2.24, 2.45) is 0 Å². The van der Waals surface area contributed by atoms with Gasteiger partial charge in [0.1, 0.15) is 5.70 Å². The predicted octanol–water partition coefficient (Wildman–Crippen LogP) is 2.57. The molecule has 31 heavy (non-hydrogen) atoms. The number of nitrogens with zero attached hydrogens (tertiary/aromatic N) is 3. The molecule has 4 rings (SSSR count). The second-order valence-corrected chi connectivity index (χ2v) is 7.68. The first-order chi connectivity index (χ1) is 15.0. The van der Waals surface area contributed by atoms with Crippen LogP contribution in [0, 0.1) is 0 Å². The average Bonchev–Trinajstić information content (AvgIpc) is 3.04. The van der Waals surface area contributed by atoms with Crippen LogP contribution in [0.4, 0.5) is 11.4 Å². The number of carbonyl (C=O) groups excluding carboxylic acids is 3. The maximum absolute atomic E-state index is 13.5. The molecule has 2 aliphatic heterocycles. The van der Waals surface area contributed by atoms with Crippen LogP contribution in [0.25, 0.3) is 5.57 Å². The molecule has 0 aromatic heterocycles. The number of anilines is 2. The van der Waals surface area contributed by atoms with E-state index in [4.69, 9.17) is 0 Å². The van der Waals surface area contributed by atoms with Crippen molar-refractivity contribution >= 4 is 34.7 Å². The number of likely N-dealkylation sites (N-methyl/N-ethyl adjacent to an activating group) is 1. The standard InChI is InChI=1S/C24H26N4O3/c1-3-26-13-15-27(16-14-26)22-21(18-7-5-4-6-8-18)23(30)28(24(22)31)20-11-9-19(10-12-20)25-17(2)29/h4-12H,3,13-16H2,1-2H3,(H,25,29). The molecular weight excluding hydrogens is 392 g/mol. The third-order valence-electron chi connectivity index (χ3n) is 5.70. The summed E-state index contributed by atoms with van der Waals surface area (Å²) in [4.78, 5) is 43.9. The van der Waals surface area contributed by atoms with Crippen LogP contribution in [-0.4, -0.2) is 60.2 Å². The van der Waals surface area contributed by atoms with Crippen molar-refractivity contribution in [3.8, 4) is 0 Å². The van der Waals surface area contributed by atoms with Gasteiger partial charge in [-0.25, -0.2) is 4.90 Å². The highest BCUT2D eigenvalue weighted by atomic mass is 16.2. The zero-order valence-electron chi connectivity index (χ0n) is 17.8. The SMILES string of the molecule is CCN1CCN(C2=C(c3ccccc3)C(=O)N(c3ccc(NC(C)=O)cc3)C2=O)CC1. The highest BCUT2D eigenvalue weighted by Crippen LogP contribution is 2.35. The lowest BCUT2D eigenvalue weighted by atomic mass is 10.0. The Morgan fingerprint density at radius 1 is 0.903 bits per heavy atom. The minimum Gasteiger partial charge on any atom is -0.364 e. The number of carbonyl (C=O) groups is 3. The van der Waals surface area contributed by atoms with Crippen molar-refractivity contribution in [1.82, 2.24) is 9.80 Å². The predicted molar refractivity (Wildman–Crippen MR) is 120 cm³/mol. The molecule has 0 bridgehead atoms. The first kappa shape index (κ1) is 20.8. The smallest absolute Gasteiger partial charge is 0.282 e. The number of rotatable bonds is 5. The normalized spacial score (nSPS) is 17.5. The highest BCUT2D eigenvalue weighted by molar-refractivity contribution is 6.45. The van der Waals surface area contributed by atoms with Crippen LogP contribution in [-0.2, 0) is 14.4 Å². The van der Waals surface area contributed by atoms with Gasteiger partial charge < -0.3 is 15.1 Å². The van der Waals surface area contributed by atoms with E-state index in [0.29, 0.717) is 35.7 Å². The Morgan fingerprint density at radius 3 is 2.13 bits per heavy atom. The third-order valence-corrected chi connectivity index (χ3v) is 5.70. The Balaban J connectivity index is 1.70. The molecule has 0 radical (unpaired) electrons. The van der Waals surface area contributed by atoms with Crippen LogP contribution < -0.4 is 10.2 Å². The van der Waals surface area contributed by atoms with Crippen molar-refractivity contribution in [1.29, 1.82) is 0 Å². The molecular formula is C24H26N4O3. The molecule has 2 aromatic rings. The van der Waals surface area contributed by atoms with Crippen LogP contribution in [0.5, 0.6) is 0 Å². The van der Waals surface area contributed by atoms with Crippen molar-refractivity contribution in [2.45, 2.75) is 13.8 Å². The topological polar surface area (TPSA) is 73.0 Å². The fraction of sp³-hybridized carbons (Fsp3) is 0.292. The van der Waals surface area contributed by atoms with E-state index in [-0.39, 0.29) is 17.7 Å². The lowest BCUT2D eigenvalue weighted by Crippen LogP contribution is -2.47. The van der Waals surface area contributed by atoms with Crippen molar-refractivity contribution in [2.75, 3.05) is 42.9 Å². The quantitative estimate of drug-likeness (QED) is 0.756. The Hall–Kier alpha value is -3.45. The summed E-state index contributed by atoms with van der Waals surface area (Å²) >= 11 is 0.